The highest BCUT2D eigenvalue weighted by atomic mass is 16.5. The number of hydrogen-bond acceptors (Lipinski definition) is 6. The molecule has 1 aliphatic heterocycles. The summed E-state index contributed by atoms with van der Waals surface area (Å²) in [6.07, 6.45) is 6.31. The van der Waals surface area contributed by atoms with E-state index in [2.05, 4.69) is 19.9 Å². The Hall–Kier alpha value is -2.21. The van der Waals surface area contributed by atoms with Gasteiger partial charge >= 0.3 is 0 Å². The van der Waals surface area contributed by atoms with Gasteiger partial charge in [-0.25, -0.2) is 9.97 Å². The summed E-state index contributed by atoms with van der Waals surface area (Å²) in [5, 5.41) is 0. The highest BCUT2D eigenvalue weighted by Gasteiger charge is 2.34. The first-order chi connectivity index (χ1) is 10.8. The Morgan fingerprint density at radius 1 is 1.32 bits per heavy atom. The molecule has 2 aromatic heterocycles. The fraction of sp³-hybridized carbons (Fsp3) is 0.438. The van der Waals surface area contributed by atoms with Crippen molar-refractivity contribution in [1.29, 1.82) is 0 Å². The van der Waals surface area contributed by atoms with Crippen LogP contribution in [-0.2, 0) is 4.74 Å². The Kier molecular flexibility index (Phi) is 4.48. The van der Waals surface area contributed by atoms with Gasteiger partial charge in [0.25, 0.3) is 0 Å². The Morgan fingerprint density at radius 3 is 2.95 bits per heavy atom. The highest BCUT2D eigenvalue weighted by Crippen LogP contribution is 2.25. The van der Waals surface area contributed by atoms with E-state index in [9.17, 15) is 0 Å². The zero-order valence-electron chi connectivity index (χ0n) is 12.8. The zero-order chi connectivity index (χ0) is 15.4. The fourth-order valence-electron chi connectivity index (χ4n) is 2.65. The topological polar surface area (TPSA) is 60.4 Å². The van der Waals surface area contributed by atoms with Crippen LogP contribution in [0.4, 0.5) is 5.95 Å². The summed E-state index contributed by atoms with van der Waals surface area (Å²) in [5.74, 6) is 1.51. The van der Waals surface area contributed by atoms with Gasteiger partial charge in [-0.05, 0) is 31.5 Å². The van der Waals surface area contributed by atoms with Crippen molar-refractivity contribution in [1.82, 2.24) is 15.0 Å². The maximum atomic E-state index is 5.85. The van der Waals surface area contributed by atoms with Crippen LogP contribution in [0.15, 0.2) is 36.8 Å². The highest BCUT2D eigenvalue weighted by molar-refractivity contribution is 5.35. The molecule has 3 heterocycles. The number of pyridine rings is 1. The number of ether oxygens (including phenoxy) is 2. The molecule has 22 heavy (non-hydrogen) atoms. The molecule has 2 aromatic rings. The number of nitrogens with zero attached hydrogens (tertiary/aromatic N) is 4. The second kappa shape index (κ2) is 6.70. The molecule has 1 saturated heterocycles. The predicted molar refractivity (Wildman–Crippen MR) is 83.0 cm³/mol. The Morgan fingerprint density at radius 2 is 2.23 bits per heavy atom. The molecule has 116 valence electrons. The molecule has 6 nitrogen and oxygen atoms in total. The van der Waals surface area contributed by atoms with Crippen LogP contribution in [0, 0.1) is 6.92 Å². The first-order valence-corrected chi connectivity index (χ1v) is 7.38. The van der Waals surface area contributed by atoms with E-state index in [1.165, 1.54) is 0 Å². The molecule has 2 atom stereocenters. The van der Waals surface area contributed by atoms with Crippen LogP contribution in [0.25, 0.3) is 0 Å². The summed E-state index contributed by atoms with van der Waals surface area (Å²) in [7, 11) is 1.74. The van der Waals surface area contributed by atoms with Gasteiger partial charge in [0.05, 0.1) is 18.3 Å². The Labute approximate surface area is 130 Å². The van der Waals surface area contributed by atoms with Crippen LogP contribution in [0.3, 0.4) is 0 Å². The van der Waals surface area contributed by atoms with Gasteiger partial charge in [0.2, 0.25) is 5.95 Å². The molecule has 0 spiro atoms. The van der Waals surface area contributed by atoms with Crippen LogP contribution >= 0.6 is 0 Å². The van der Waals surface area contributed by atoms with Crippen LogP contribution in [0.5, 0.6) is 5.75 Å². The van der Waals surface area contributed by atoms with Crippen molar-refractivity contribution in [3.8, 4) is 5.75 Å². The molecule has 1 fully saturated rings. The predicted octanol–water partition coefficient (Wildman–Crippen LogP) is 1.85. The van der Waals surface area contributed by atoms with Gasteiger partial charge in [-0.2, -0.15) is 0 Å². The third-order valence-electron chi connectivity index (χ3n) is 3.83. The van der Waals surface area contributed by atoms with Gasteiger partial charge in [-0.3, -0.25) is 4.98 Å². The van der Waals surface area contributed by atoms with Crippen molar-refractivity contribution in [2.45, 2.75) is 25.5 Å². The molecular formula is C16H20N4O2. The summed E-state index contributed by atoms with van der Waals surface area (Å²) in [6.45, 7) is 3.31. The second-order valence-electron chi connectivity index (χ2n) is 5.40. The monoisotopic (exact) mass is 300 g/mol. The molecule has 0 unspecified atom stereocenters. The molecule has 3 rings (SSSR count). The molecule has 0 bridgehead atoms. The molecule has 0 aliphatic carbocycles. The lowest BCUT2D eigenvalue weighted by Gasteiger charge is -2.24. The van der Waals surface area contributed by atoms with E-state index in [0.717, 1.165) is 30.4 Å². The van der Waals surface area contributed by atoms with E-state index >= 15 is 0 Å². The number of rotatable bonds is 5. The maximum absolute atomic E-state index is 5.85. The molecular weight excluding hydrogens is 280 g/mol. The Balaban J connectivity index is 1.72. The third kappa shape index (κ3) is 3.33. The van der Waals surface area contributed by atoms with Crippen LogP contribution < -0.4 is 9.64 Å². The lowest BCUT2D eigenvalue weighted by atomic mass is 10.2. The minimum Gasteiger partial charge on any atom is -0.490 e. The minimum atomic E-state index is 0.173. The molecule has 6 heteroatoms. The maximum Gasteiger partial charge on any atom is 0.225 e. The summed E-state index contributed by atoms with van der Waals surface area (Å²) in [6, 6.07) is 5.85. The second-order valence-corrected chi connectivity index (χ2v) is 5.40. The Bertz CT molecular complexity index is 608. The van der Waals surface area contributed by atoms with Gasteiger partial charge < -0.3 is 14.4 Å². The van der Waals surface area contributed by atoms with Crippen molar-refractivity contribution < 1.29 is 9.47 Å². The molecule has 0 radical (unpaired) electrons. The quantitative estimate of drug-likeness (QED) is 0.840. The number of aromatic nitrogens is 3. The standard InChI is InChI=1S/C16H20N4O2/c1-12-5-7-18-16(19-12)20-10-15(21-2)8-13(20)11-22-14-4-3-6-17-9-14/h3-7,9,13,15H,8,10-11H2,1-2H3/t13-,15+/m0/s1. The van der Waals surface area contributed by atoms with E-state index in [-0.39, 0.29) is 12.1 Å². The van der Waals surface area contributed by atoms with Crippen molar-refractivity contribution in [3.63, 3.8) is 0 Å². The lowest BCUT2D eigenvalue weighted by Crippen LogP contribution is -2.35. The SMILES string of the molecule is CO[C@@H]1C[C@@H](COc2cccnc2)N(c2nccc(C)n2)C1. The van der Waals surface area contributed by atoms with E-state index in [1.807, 2.05) is 25.1 Å². The van der Waals surface area contributed by atoms with E-state index < -0.39 is 0 Å². The van der Waals surface area contributed by atoms with E-state index in [4.69, 9.17) is 9.47 Å². The largest absolute Gasteiger partial charge is 0.490 e. The van der Waals surface area contributed by atoms with E-state index in [1.54, 1.807) is 25.7 Å². The normalized spacial score (nSPS) is 21.1. The number of aryl methyl sites for hydroxylation is 1. The minimum absolute atomic E-state index is 0.173. The first-order valence-electron chi connectivity index (χ1n) is 7.38. The fourth-order valence-corrected chi connectivity index (χ4v) is 2.65. The summed E-state index contributed by atoms with van der Waals surface area (Å²) in [4.78, 5) is 15.1. The van der Waals surface area contributed by atoms with Crippen molar-refractivity contribution in [2.24, 2.45) is 0 Å². The first kappa shape index (κ1) is 14.7. The van der Waals surface area contributed by atoms with Gasteiger partial charge in [-0.15, -0.1) is 0 Å². The van der Waals surface area contributed by atoms with Gasteiger partial charge in [0.15, 0.2) is 0 Å². The molecule has 1 aliphatic rings. The molecule has 0 aromatic carbocycles. The lowest BCUT2D eigenvalue weighted by molar-refractivity contribution is 0.115. The van der Waals surface area contributed by atoms with E-state index in [0.29, 0.717) is 6.61 Å². The summed E-state index contributed by atoms with van der Waals surface area (Å²) in [5.41, 5.74) is 0.956. The molecule has 0 saturated carbocycles. The van der Waals surface area contributed by atoms with Crippen LogP contribution in [-0.4, -0.2) is 47.4 Å². The summed E-state index contributed by atoms with van der Waals surface area (Å²) >= 11 is 0. The average molecular weight is 300 g/mol. The number of hydrogen-bond donors (Lipinski definition) is 0. The number of methoxy groups -OCH3 is 1. The molecule has 0 amide bonds. The van der Waals surface area contributed by atoms with Crippen molar-refractivity contribution >= 4 is 5.95 Å². The zero-order valence-corrected chi connectivity index (χ0v) is 12.8. The number of anilines is 1. The molecule has 0 N–H and O–H groups in total. The van der Waals surface area contributed by atoms with Crippen molar-refractivity contribution in [3.05, 3.63) is 42.5 Å². The van der Waals surface area contributed by atoms with Gasteiger partial charge in [0, 0.05) is 31.7 Å². The van der Waals surface area contributed by atoms with Crippen molar-refractivity contribution in [2.75, 3.05) is 25.2 Å². The van der Waals surface area contributed by atoms with Gasteiger partial charge in [0.1, 0.15) is 12.4 Å². The average Bonchev–Trinajstić information content (AvgIpc) is 2.97. The third-order valence-corrected chi connectivity index (χ3v) is 3.83. The summed E-state index contributed by atoms with van der Waals surface area (Å²) < 4.78 is 11.4. The van der Waals surface area contributed by atoms with Gasteiger partial charge in [-0.1, -0.05) is 0 Å². The van der Waals surface area contributed by atoms with Crippen LogP contribution in [0.2, 0.25) is 0 Å². The van der Waals surface area contributed by atoms with Crippen LogP contribution in [0.1, 0.15) is 12.1 Å². The smallest absolute Gasteiger partial charge is 0.225 e.